The van der Waals surface area contributed by atoms with Crippen LogP contribution in [-0.2, 0) is 4.74 Å². The summed E-state index contributed by atoms with van der Waals surface area (Å²) in [5.41, 5.74) is 5.03. The van der Waals surface area contributed by atoms with E-state index in [1.807, 2.05) is 13.8 Å². The van der Waals surface area contributed by atoms with Crippen molar-refractivity contribution in [2.24, 2.45) is 5.73 Å². The fourth-order valence-corrected chi connectivity index (χ4v) is 2.32. The molecule has 0 aromatic heterocycles. The van der Waals surface area contributed by atoms with E-state index in [0.717, 1.165) is 19.4 Å². The molecule has 1 saturated heterocycles. The quantitative estimate of drug-likeness (QED) is 0.754. The molecular weight excluding hydrogens is 257 g/mol. The molecule has 1 aliphatic heterocycles. The molecule has 0 spiro atoms. The van der Waals surface area contributed by atoms with Crippen LogP contribution in [0.3, 0.4) is 0 Å². The van der Waals surface area contributed by atoms with Crippen molar-refractivity contribution >= 4 is 0 Å². The average molecular weight is 282 g/mol. The zero-order chi connectivity index (χ0) is 14.6. The van der Waals surface area contributed by atoms with Crippen molar-refractivity contribution < 1.29 is 17.9 Å². The van der Waals surface area contributed by atoms with Crippen LogP contribution in [0.1, 0.15) is 46.0 Å². The second kappa shape index (κ2) is 6.41. The highest BCUT2D eigenvalue weighted by atomic mass is 19.4. The molecule has 0 aliphatic carbocycles. The third-order valence-corrected chi connectivity index (χ3v) is 3.83. The third kappa shape index (κ3) is 6.10. The van der Waals surface area contributed by atoms with E-state index in [2.05, 4.69) is 5.32 Å². The lowest BCUT2D eigenvalue weighted by molar-refractivity contribution is -0.136. The molecule has 0 radical (unpaired) electrons. The second-order valence-electron chi connectivity index (χ2n) is 5.99. The van der Waals surface area contributed by atoms with Gasteiger partial charge in [0.25, 0.3) is 0 Å². The summed E-state index contributed by atoms with van der Waals surface area (Å²) in [4.78, 5) is 0. The van der Waals surface area contributed by atoms with Gasteiger partial charge in [-0.2, -0.15) is 13.2 Å². The number of hydrogen-bond acceptors (Lipinski definition) is 3. The van der Waals surface area contributed by atoms with Gasteiger partial charge in [-0.15, -0.1) is 0 Å². The number of nitrogens with one attached hydrogen (secondary N) is 1. The van der Waals surface area contributed by atoms with Crippen molar-refractivity contribution in [2.45, 2.75) is 63.3 Å². The van der Waals surface area contributed by atoms with Crippen LogP contribution in [0.2, 0.25) is 0 Å². The molecule has 0 saturated carbocycles. The fraction of sp³-hybridized carbons (Fsp3) is 1.00. The number of hydrogen-bond donors (Lipinski definition) is 2. The summed E-state index contributed by atoms with van der Waals surface area (Å²) < 4.78 is 42.1. The van der Waals surface area contributed by atoms with Gasteiger partial charge in [0.05, 0.1) is 5.60 Å². The molecule has 0 aromatic rings. The summed E-state index contributed by atoms with van der Waals surface area (Å²) in [6.07, 6.45) is -2.32. The van der Waals surface area contributed by atoms with E-state index < -0.39 is 18.1 Å². The number of alkyl halides is 3. The number of ether oxygens (including phenoxy) is 1. The highest BCUT2D eigenvalue weighted by Gasteiger charge is 2.33. The van der Waals surface area contributed by atoms with E-state index >= 15 is 0 Å². The second-order valence-corrected chi connectivity index (χ2v) is 5.99. The van der Waals surface area contributed by atoms with Crippen molar-refractivity contribution in [1.29, 1.82) is 0 Å². The van der Waals surface area contributed by atoms with Gasteiger partial charge in [-0.1, -0.05) is 0 Å². The summed E-state index contributed by atoms with van der Waals surface area (Å²) in [6.45, 7) is 5.61. The van der Waals surface area contributed by atoms with Crippen LogP contribution in [0.4, 0.5) is 13.2 Å². The molecule has 6 heteroatoms. The Morgan fingerprint density at radius 3 is 2.47 bits per heavy atom. The van der Waals surface area contributed by atoms with Crippen LogP contribution in [0.25, 0.3) is 0 Å². The summed E-state index contributed by atoms with van der Waals surface area (Å²) in [7, 11) is 0. The molecule has 0 bridgehead atoms. The first-order valence-corrected chi connectivity index (χ1v) is 6.84. The first-order valence-electron chi connectivity index (χ1n) is 6.84. The first-order chi connectivity index (χ1) is 8.68. The Labute approximate surface area is 113 Å². The van der Waals surface area contributed by atoms with Crippen molar-refractivity contribution in [3.63, 3.8) is 0 Å². The molecule has 2 unspecified atom stereocenters. The normalized spacial score (nSPS) is 27.5. The van der Waals surface area contributed by atoms with Crippen LogP contribution in [0, 0.1) is 0 Å². The van der Waals surface area contributed by atoms with E-state index in [-0.39, 0.29) is 12.0 Å². The molecule has 114 valence electrons. The smallest absolute Gasteiger partial charge is 0.374 e. The van der Waals surface area contributed by atoms with E-state index in [9.17, 15) is 13.2 Å². The zero-order valence-corrected chi connectivity index (χ0v) is 11.8. The minimum absolute atomic E-state index is 0.0990. The number of rotatable bonds is 7. The standard InChI is InChI=1S/C13H25F3N2O/c1-11(9-17,5-3-7-13(14,15)16)18-10-12(2)6-4-8-19-12/h18H,3-10,17H2,1-2H3. The Hall–Kier alpha value is -0.330. The van der Waals surface area contributed by atoms with Gasteiger partial charge in [0.15, 0.2) is 0 Å². The van der Waals surface area contributed by atoms with Crippen LogP contribution < -0.4 is 11.1 Å². The maximum absolute atomic E-state index is 12.2. The molecular formula is C13H25F3N2O. The molecule has 0 amide bonds. The Morgan fingerprint density at radius 1 is 1.32 bits per heavy atom. The highest BCUT2D eigenvalue weighted by molar-refractivity contribution is 4.90. The maximum atomic E-state index is 12.2. The van der Waals surface area contributed by atoms with Crippen LogP contribution in [0.15, 0.2) is 0 Å². The minimum Gasteiger partial charge on any atom is -0.374 e. The summed E-state index contributed by atoms with van der Waals surface area (Å²) in [5.74, 6) is 0. The van der Waals surface area contributed by atoms with Gasteiger partial charge in [0, 0.05) is 31.7 Å². The monoisotopic (exact) mass is 282 g/mol. The fourth-order valence-electron chi connectivity index (χ4n) is 2.32. The molecule has 3 N–H and O–H groups in total. The lowest BCUT2D eigenvalue weighted by Gasteiger charge is -2.34. The number of halogens is 3. The lowest BCUT2D eigenvalue weighted by atomic mass is 9.93. The first kappa shape index (κ1) is 16.7. The highest BCUT2D eigenvalue weighted by Crippen LogP contribution is 2.27. The van der Waals surface area contributed by atoms with Gasteiger partial charge in [-0.25, -0.2) is 0 Å². The molecule has 1 heterocycles. The molecule has 0 aromatic carbocycles. The van der Waals surface area contributed by atoms with Crippen molar-refractivity contribution in [2.75, 3.05) is 19.7 Å². The van der Waals surface area contributed by atoms with Gasteiger partial charge < -0.3 is 15.8 Å². The Bertz CT molecular complexity index is 278. The maximum Gasteiger partial charge on any atom is 0.389 e. The average Bonchev–Trinajstić information content (AvgIpc) is 2.73. The van der Waals surface area contributed by atoms with Crippen molar-refractivity contribution in [3.8, 4) is 0 Å². The Balaban J connectivity index is 2.37. The predicted molar refractivity (Wildman–Crippen MR) is 69.0 cm³/mol. The van der Waals surface area contributed by atoms with Gasteiger partial charge in [-0.3, -0.25) is 0 Å². The third-order valence-electron chi connectivity index (χ3n) is 3.83. The van der Waals surface area contributed by atoms with Crippen LogP contribution in [-0.4, -0.2) is 37.0 Å². The summed E-state index contributed by atoms with van der Waals surface area (Å²) in [6, 6.07) is 0. The van der Waals surface area contributed by atoms with Crippen LogP contribution >= 0.6 is 0 Å². The molecule has 1 aliphatic rings. The van der Waals surface area contributed by atoms with Gasteiger partial charge >= 0.3 is 6.18 Å². The summed E-state index contributed by atoms with van der Waals surface area (Å²) in [5, 5.41) is 3.30. The summed E-state index contributed by atoms with van der Waals surface area (Å²) >= 11 is 0. The largest absolute Gasteiger partial charge is 0.389 e. The molecule has 19 heavy (non-hydrogen) atoms. The number of nitrogens with two attached hydrogens (primary N) is 1. The van der Waals surface area contributed by atoms with E-state index in [4.69, 9.17) is 10.5 Å². The Kier molecular flexibility index (Phi) is 5.65. The molecule has 1 rings (SSSR count). The molecule has 3 nitrogen and oxygen atoms in total. The van der Waals surface area contributed by atoms with Crippen molar-refractivity contribution in [1.82, 2.24) is 5.32 Å². The van der Waals surface area contributed by atoms with Crippen LogP contribution in [0.5, 0.6) is 0 Å². The Morgan fingerprint density at radius 2 is 2.00 bits per heavy atom. The van der Waals surface area contributed by atoms with Gasteiger partial charge in [0.2, 0.25) is 0 Å². The predicted octanol–water partition coefficient (Wildman–Crippen LogP) is 2.60. The zero-order valence-electron chi connectivity index (χ0n) is 11.8. The SMILES string of the molecule is CC(CN)(CCCC(F)(F)F)NCC1(C)CCCO1. The van der Waals surface area contributed by atoms with Gasteiger partial charge in [-0.05, 0) is 39.5 Å². The van der Waals surface area contributed by atoms with E-state index in [1.54, 1.807) is 0 Å². The topological polar surface area (TPSA) is 47.3 Å². The minimum atomic E-state index is -4.09. The lowest BCUT2D eigenvalue weighted by Crippen LogP contribution is -2.53. The molecule has 2 atom stereocenters. The van der Waals surface area contributed by atoms with Gasteiger partial charge in [0.1, 0.15) is 0 Å². The van der Waals surface area contributed by atoms with Crippen molar-refractivity contribution in [3.05, 3.63) is 0 Å². The molecule has 1 fully saturated rings. The van der Waals surface area contributed by atoms with E-state index in [0.29, 0.717) is 19.5 Å². The van der Waals surface area contributed by atoms with E-state index in [1.165, 1.54) is 0 Å².